The van der Waals surface area contributed by atoms with Crippen LogP contribution in [0, 0.1) is 11.7 Å². The van der Waals surface area contributed by atoms with Crippen LogP contribution in [0.3, 0.4) is 0 Å². The Kier molecular flexibility index (Phi) is 5.22. The SMILES string of the molecule is CN(C)C1CN(c2nc3c(F)c(-c4cc(O)cc5ccccc45)c(-c4cn[nH]c4)cc3c3c2ncn3[C@H]2[C@H]3CN[C@@H]2C3)C1. The summed E-state index contributed by atoms with van der Waals surface area (Å²) in [5, 5.41) is 23.9. The van der Waals surface area contributed by atoms with Crippen LogP contribution in [0.1, 0.15) is 12.5 Å². The van der Waals surface area contributed by atoms with Gasteiger partial charge in [0.2, 0.25) is 0 Å². The molecular formula is C33H31FN8O. The number of aromatic nitrogens is 5. The van der Waals surface area contributed by atoms with Crippen LogP contribution in [0.4, 0.5) is 10.2 Å². The van der Waals surface area contributed by atoms with Gasteiger partial charge in [0, 0.05) is 54.4 Å². The van der Waals surface area contributed by atoms with Gasteiger partial charge < -0.3 is 24.8 Å². The first-order chi connectivity index (χ1) is 21.0. The molecule has 9 nitrogen and oxygen atoms in total. The van der Waals surface area contributed by atoms with E-state index in [1.807, 2.05) is 36.7 Å². The Balaban J connectivity index is 1.37. The summed E-state index contributed by atoms with van der Waals surface area (Å²) in [5.74, 6) is 0.921. The fourth-order valence-corrected chi connectivity index (χ4v) is 7.54. The molecule has 43 heavy (non-hydrogen) atoms. The summed E-state index contributed by atoms with van der Waals surface area (Å²) >= 11 is 0. The third kappa shape index (κ3) is 3.53. The van der Waals surface area contributed by atoms with Gasteiger partial charge in [-0.25, -0.2) is 14.4 Å². The number of phenolic OH excluding ortho intramolecular Hbond substituents is 1. The van der Waals surface area contributed by atoms with Gasteiger partial charge >= 0.3 is 0 Å². The number of hydrogen-bond acceptors (Lipinski definition) is 7. The molecule has 1 aliphatic carbocycles. The van der Waals surface area contributed by atoms with E-state index in [2.05, 4.69) is 44.0 Å². The van der Waals surface area contributed by atoms with E-state index in [9.17, 15) is 5.11 Å². The summed E-state index contributed by atoms with van der Waals surface area (Å²) in [6, 6.07) is 14.2. The van der Waals surface area contributed by atoms with Crippen LogP contribution in [0.2, 0.25) is 0 Å². The van der Waals surface area contributed by atoms with E-state index < -0.39 is 5.82 Å². The van der Waals surface area contributed by atoms with Crippen LogP contribution < -0.4 is 10.2 Å². The summed E-state index contributed by atoms with van der Waals surface area (Å²) in [4.78, 5) is 14.4. The Morgan fingerprint density at radius 2 is 1.91 bits per heavy atom. The Labute approximate surface area is 247 Å². The molecule has 10 rings (SSSR count). The zero-order chi connectivity index (χ0) is 29.0. The second kappa shape index (κ2) is 8.98. The van der Waals surface area contributed by atoms with E-state index in [1.165, 1.54) is 0 Å². The van der Waals surface area contributed by atoms with Crippen LogP contribution in [0.15, 0.2) is 61.2 Å². The lowest BCUT2D eigenvalue weighted by atomic mass is 9.80. The predicted molar refractivity (Wildman–Crippen MR) is 166 cm³/mol. The molecule has 0 spiro atoms. The van der Waals surface area contributed by atoms with Crippen LogP contribution in [0.25, 0.3) is 55.0 Å². The standard InChI is InChI=1S/C33H31FN8O/c1-40(2)20-14-41(15-20)33-30-32(42(16-36-30)31-18-8-26(31)35-11-18)25-10-23(19-12-37-38-13-19)27(28(34)29(25)39-33)24-9-21(43)7-17-5-3-4-6-22(17)24/h3-7,9-10,12-13,16,18,20,26,31,35,43H,8,11,14-15H2,1-2H3,(H,37,38)/t18-,26-,31+/m1/s1. The van der Waals surface area contributed by atoms with Crippen molar-refractivity contribution in [1.82, 2.24) is 34.9 Å². The average molecular weight is 575 g/mol. The molecule has 216 valence electrons. The van der Waals surface area contributed by atoms with Gasteiger partial charge in [0.05, 0.1) is 24.1 Å². The van der Waals surface area contributed by atoms with Gasteiger partial charge in [-0.05, 0) is 66.5 Å². The smallest absolute Gasteiger partial charge is 0.158 e. The number of H-pyrrole nitrogens is 1. The fraction of sp³-hybridized carbons (Fsp3) is 0.303. The summed E-state index contributed by atoms with van der Waals surface area (Å²) in [6.45, 7) is 2.61. The minimum atomic E-state index is -0.417. The molecule has 0 amide bonds. The number of rotatable bonds is 5. The van der Waals surface area contributed by atoms with Gasteiger partial charge in [0.15, 0.2) is 11.6 Å². The first-order valence-electron chi connectivity index (χ1n) is 14.8. The molecule has 0 unspecified atom stereocenters. The number of pyridine rings is 1. The number of imidazole rings is 1. The highest BCUT2D eigenvalue weighted by Crippen LogP contribution is 2.49. The highest BCUT2D eigenvalue weighted by atomic mass is 19.1. The quantitative estimate of drug-likeness (QED) is 0.269. The van der Waals surface area contributed by atoms with Gasteiger partial charge in [0.1, 0.15) is 16.8 Å². The number of likely N-dealkylation sites (N-methyl/N-ethyl adjacent to an activating group) is 1. The first kappa shape index (κ1) is 25.0. The van der Waals surface area contributed by atoms with Crippen molar-refractivity contribution in [3.05, 3.63) is 67.0 Å². The van der Waals surface area contributed by atoms with Gasteiger partial charge in [-0.2, -0.15) is 5.10 Å². The molecule has 1 saturated carbocycles. The molecular weight excluding hydrogens is 543 g/mol. The third-order valence-electron chi connectivity index (χ3n) is 9.95. The molecule has 3 saturated heterocycles. The number of phenols is 1. The Morgan fingerprint density at radius 3 is 2.65 bits per heavy atom. The van der Waals surface area contributed by atoms with E-state index in [0.717, 1.165) is 64.6 Å². The molecule has 3 aromatic heterocycles. The minimum absolute atomic E-state index is 0.0804. The van der Waals surface area contributed by atoms with Gasteiger partial charge in [0.25, 0.3) is 0 Å². The van der Waals surface area contributed by atoms with E-state index >= 15 is 4.39 Å². The lowest BCUT2D eigenvalue weighted by Gasteiger charge is -2.43. The Hall–Kier alpha value is -4.54. The van der Waals surface area contributed by atoms with E-state index in [0.29, 0.717) is 40.2 Å². The number of aromatic hydroxyl groups is 1. The Bertz CT molecular complexity index is 2050. The second-order valence-corrected chi connectivity index (χ2v) is 12.5. The number of halogens is 1. The topological polar surface area (TPSA) is 98.1 Å². The Morgan fingerprint density at radius 1 is 1.05 bits per heavy atom. The normalized spacial score (nSPS) is 21.8. The van der Waals surface area contributed by atoms with Gasteiger partial charge in [-0.3, -0.25) is 5.10 Å². The summed E-state index contributed by atoms with van der Waals surface area (Å²) in [5.41, 5.74) is 4.49. The lowest BCUT2D eigenvalue weighted by molar-refractivity contribution is 0.225. The summed E-state index contributed by atoms with van der Waals surface area (Å²) in [6.07, 6.45) is 6.58. The number of anilines is 1. The summed E-state index contributed by atoms with van der Waals surface area (Å²) < 4.78 is 19.7. The molecule has 0 radical (unpaired) electrons. The highest BCUT2D eigenvalue weighted by Gasteiger charge is 2.48. The third-order valence-corrected chi connectivity index (χ3v) is 9.95. The van der Waals surface area contributed by atoms with Crippen molar-refractivity contribution in [2.24, 2.45) is 5.92 Å². The average Bonchev–Trinajstić information content (AvgIpc) is 3.77. The van der Waals surface area contributed by atoms with Crippen LogP contribution >= 0.6 is 0 Å². The molecule has 3 N–H and O–H groups in total. The van der Waals surface area contributed by atoms with Crippen molar-refractivity contribution in [2.45, 2.75) is 24.5 Å². The van der Waals surface area contributed by atoms with Crippen LogP contribution in [0.5, 0.6) is 5.75 Å². The number of nitrogens with one attached hydrogen (secondary N) is 2. The van der Waals surface area contributed by atoms with E-state index in [-0.39, 0.29) is 11.8 Å². The van der Waals surface area contributed by atoms with Crippen molar-refractivity contribution in [3.63, 3.8) is 0 Å². The lowest BCUT2D eigenvalue weighted by Crippen LogP contribution is -2.57. The predicted octanol–water partition coefficient (Wildman–Crippen LogP) is 4.92. The molecule has 2 bridgehead atoms. The molecule has 4 fully saturated rings. The van der Waals surface area contributed by atoms with Crippen molar-refractivity contribution < 1.29 is 9.50 Å². The van der Waals surface area contributed by atoms with Crippen LogP contribution in [-0.4, -0.2) is 80.6 Å². The molecule has 3 atom stereocenters. The van der Waals surface area contributed by atoms with Gasteiger partial charge in [-0.15, -0.1) is 0 Å². The molecule has 6 aromatic rings. The van der Waals surface area contributed by atoms with E-state index in [1.54, 1.807) is 24.5 Å². The monoisotopic (exact) mass is 574 g/mol. The van der Waals surface area contributed by atoms with Crippen molar-refractivity contribution >= 4 is 38.5 Å². The number of fused-ring (bicyclic) bond motifs is 5. The molecule has 6 heterocycles. The maximum absolute atomic E-state index is 17.4. The number of hydrogen-bond donors (Lipinski definition) is 3. The highest BCUT2D eigenvalue weighted by molar-refractivity contribution is 6.12. The fourth-order valence-electron chi connectivity index (χ4n) is 7.54. The molecule has 10 heteroatoms. The zero-order valence-electron chi connectivity index (χ0n) is 23.9. The van der Waals surface area contributed by atoms with E-state index in [4.69, 9.17) is 9.97 Å². The molecule has 3 aliphatic heterocycles. The first-order valence-corrected chi connectivity index (χ1v) is 14.8. The van der Waals surface area contributed by atoms with Crippen molar-refractivity contribution in [1.29, 1.82) is 0 Å². The molecule has 3 aromatic carbocycles. The van der Waals surface area contributed by atoms with Crippen LogP contribution in [-0.2, 0) is 0 Å². The minimum Gasteiger partial charge on any atom is -0.508 e. The number of benzene rings is 3. The summed E-state index contributed by atoms with van der Waals surface area (Å²) in [7, 11) is 4.17. The van der Waals surface area contributed by atoms with Crippen molar-refractivity contribution in [3.8, 4) is 28.0 Å². The zero-order valence-corrected chi connectivity index (χ0v) is 23.9. The van der Waals surface area contributed by atoms with Gasteiger partial charge in [-0.1, -0.05) is 24.3 Å². The van der Waals surface area contributed by atoms with Crippen molar-refractivity contribution in [2.75, 3.05) is 38.6 Å². The second-order valence-electron chi connectivity index (χ2n) is 12.5. The largest absolute Gasteiger partial charge is 0.508 e. The maximum Gasteiger partial charge on any atom is 0.158 e. The molecule has 4 aliphatic rings. The number of nitrogens with zero attached hydrogens (tertiary/aromatic N) is 6. The number of aromatic amines is 1. The maximum atomic E-state index is 17.4.